The Bertz CT molecular complexity index is 173. The van der Waals surface area contributed by atoms with Crippen LogP contribution in [0.15, 0.2) is 0 Å². The first-order valence-electron chi connectivity index (χ1n) is 5.91. The van der Waals surface area contributed by atoms with Gasteiger partial charge in [-0.15, -0.1) is 0 Å². The van der Waals surface area contributed by atoms with Gasteiger partial charge in [0.2, 0.25) is 0 Å². The molecule has 2 N–H and O–H groups in total. The maximum atomic E-state index is 5.91. The summed E-state index contributed by atoms with van der Waals surface area (Å²) in [6.45, 7) is 10.1. The Morgan fingerprint density at radius 1 is 1.36 bits per heavy atom. The fourth-order valence-electron chi connectivity index (χ4n) is 2.19. The van der Waals surface area contributed by atoms with Gasteiger partial charge in [-0.1, -0.05) is 27.7 Å². The van der Waals surface area contributed by atoms with Crippen molar-refractivity contribution in [3.8, 4) is 0 Å². The van der Waals surface area contributed by atoms with Crippen molar-refractivity contribution in [2.24, 2.45) is 17.6 Å². The zero-order chi connectivity index (χ0) is 10.8. The summed E-state index contributed by atoms with van der Waals surface area (Å²) in [5.41, 5.74) is 5.91. The van der Waals surface area contributed by atoms with E-state index in [0.717, 1.165) is 23.6 Å². The van der Waals surface area contributed by atoms with Gasteiger partial charge in [0.25, 0.3) is 0 Å². The van der Waals surface area contributed by atoms with E-state index in [2.05, 4.69) is 39.5 Å². The first-order chi connectivity index (χ1) is 6.53. The quantitative estimate of drug-likeness (QED) is 0.761. The Labute approximate surface area is 93.2 Å². The van der Waals surface area contributed by atoms with Gasteiger partial charge in [-0.3, -0.25) is 0 Å². The van der Waals surface area contributed by atoms with Gasteiger partial charge < -0.3 is 5.73 Å². The number of hydrogen-bond acceptors (Lipinski definition) is 2. The minimum absolute atomic E-state index is 0.435. The summed E-state index contributed by atoms with van der Waals surface area (Å²) in [5, 5.41) is 0.770. The molecule has 1 aliphatic carbocycles. The zero-order valence-corrected chi connectivity index (χ0v) is 10.9. The van der Waals surface area contributed by atoms with E-state index < -0.39 is 0 Å². The summed E-state index contributed by atoms with van der Waals surface area (Å²) in [5.74, 6) is 1.77. The van der Waals surface area contributed by atoms with Crippen molar-refractivity contribution < 1.29 is 0 Å². The molecule has 1 aliphatic rings. The summed E-state index contributed by atoms with van der Waals surface area (Å²) in [6, 6.07) is 0. The van der Waals surface area contributed by atoms with Gasteiger partial charge in [0.15, 0.2) is 0 Å². The molecule has 1 saturated carbocycles. The minimum atomic E-state index is 0.435. The summed E-state index contributed by atoms with van der Waals surface area (Å²) in [6.07, 6.45) is 3.95. The van der Waals surface area contributed by atoms with Crippen LogP contribution in [0.5, 0.6) is 0 Å². The maximum Gasteiger partial charge on any atom is 0.0290 e. The molecule has 0 spiro atoms. The van der Waals surface area contributed by atoms with Gasteiger partial charge in [-0.05, 0) is 31.1 Å². The van der Waals surface area contributed by atoms with Crippen molar-refractivity contribution in [1.29, 1.82) is 0 Å². The highest BCUT2D eigenvalue weighted by Crippen LogP contribution is 2.51. The second-order valence-electron chi connectivity index (χ2n) is 5.14. The zero-order valence-electron chi connectivity index (χ0n) is 10.0. The average Bonchev–Trinajstić information content (AvgIpc) is 2.09. The fraction of sp³-hybridized carbons (Fsp3) is 1.00. The Morgan fingerprint density at radius 3 is 2.29 bits per heavy atom. The molecule has 1 fully saturated rings. The maximum absolute atomic E-state index is 5.91. The summed E-state index contributed by atoms with van der Waals surface area (Å²) in [7, 11) is 0. The Balaban J connectivity index is 2.40. The third-order valence-electron chi connectivity index (χ3n) is 3.61. The van der Waals surface area contributed by atoms with Gasteiger partial charge in [-0.2, -0.15) is 11.8 Å². The lowest BCUT2D eigenvalue weighted by atomic mass is 9.69. The molecule has 84 valence electrons. The summed E-state index contributed by atoms with van der Waals surface area (Å²) < 4.78 is 0.435. The molecular formula is C12H25NS. The highest BCUT2D eigenvalue weighted by molar-refractivity contribution is 8.01. The van der Waals surface area contributed by atoms with Crippen LogP contribution in [0.4, 0.5) is 0 Å². The van der Waals surface area contributed by atoms with Crippen molar-refractivity contribution in [2.45, 2.75) is 57.0 Å². The molecule has 1 nitrogen and oxygen atoms in total. The molecule has 0 heterocycles. The molecule has 0 radical (unpaired) electrons. The van der Waals surface area contributed by atoms with Crippen LogP contribution >= 0.6 is 11.8 Å². The van der Waals surface area contributed by atoms with E-state index in [9.17, 15) is 0 Å². The highest BCUT2D eigenvalue weighted by Gasteiger charge is 2.45. The van der Waals surface area contributed by atoms with Crippen LogP contribution in [0.1, 0.15) is 47.0 Å². The second-order valence-corrected chi connectivity index (χ2v) is 7.04. The molecule has 0 saturated heterocycles. The van der Waals surface area contributed by atoms with Crippen LogP contribution in [-0.2, 0) is 0 Å². The molecule has 0 aromatic heterocycles. The molecule has 0 amide bonds. The third-order valence-corrected chi connectivity index (χ3v) is 5.35. The highest BCUT2D eigenvalue weighted by atomic mass is 32.2. The van der Waals surface area contributed by atoms with Crippen molar-refractivity contribution in [3.63, 3.8) is 0 Å². The number of hydrogen-bond donors (Lipinski definition) is 1. The van der Waals surface area contributed by atoms with Gasteiger partial charge >= 0.3 is 0 Å². The Morgan fingerprint density at radius 2 is 1.93 bits per heavy atom. The predicted molar refractivity (Wildman–Crippen MR) is 66.7 cm³/mol. The number of rotatable bonds is 5. The molecule has 0 bridgehead atoms. The van der Waals surface area contributed by atoms with E-state index in [1.54, 1.807) is 0 Å². The van der Waals surface area contributed by atoms with Crippen molar-refractivity contribution in [1.82, 2.24) is 0 Å². The van der Waals surface area contributed by atoms with Crippen molar-refractivity contribution in [2.75, 3.05) is 6.54 Å². The topological polar surface area (TPSA) is 26.0 Å². The molecular weight excluding hydrogens is 190 g/mol. The molecule has 14 heavy (non-hydrogen) atoms. The summed E-state index contributed by atoms with van der Waals surface area (Å²) >= 11 is 2.13. The van der Waals surface area contributed by atoms with E-state index in [0.29, 0.717) is 4.75 Å². The fourth-order valence-corrected chi connectivity index (χ4v) is 3.93. The van der Waals surface area contributed by atoms with Crippen molar-refractivity contribution in [3.05, 3.63) is 0 Å². The summed E-state index contributed by atoms with van der Waals surface area (Å²) in [4.78, 5) is 0. The monoisotopic (exact) mass is 215 g/mol. The van der Waals surface area contributed by atoms with Gasteiger partial charge in [0, 0.05) is 16.5 Å². The first-order valence-corrected chi connectivity index (χ1v) is 6.79. The van der Waals surface area contributed by atoms with E-state index >= 15 is 0 Å². The molecule has 1 atom stereocenters. The third kappa shape index (κ3) is 2.66. The molecule has 0 aliphatic heterocycles. The smallest absolute Gasteiger partial charge is 0.0290 e. The SMILES string of the molecule is CCC(C)SC1(CN)CC(C(C)C)C1. The lowest BCUT2D eigenvalue weighted by molar-refractivity contribution is 0.175. The van der Waals surface area contributed by atoms with Crippen molar-refractivity contribution >= 4 is 11.8 Å². The normalized spacial score (nSPS) is 34.3. The van der Waals surface area contributed by atoms with E-state index in [4.69, 9.17) is 5.73 Å². The van der Waals surface area contributed by atoms with Crippen LogP contribution in [0.2, 0.25) is 0 Å². The molecule has 2 heteroatoms. The predicted octanol–water partition coefficient (Wildman–Crippen LogP) is 3.28. The van der Waals surface area contributed by atoms with Gasteiger partial charge in [0.05, 0.1) is 0 Å². The van der Waals surface area contributed by atoms with Crippen LogP contribution in [0.25, 0.3) is 0 Å². The van der Waals surface area contributed by atoms with E-state index in [-0.39, 0.29) is 0 Å². The van der Waals surface area contributed by atoms with Crippen LogP contribution < -0.4 is 5.73 Å². The van der Waals surface area contributed by atoms with Gasteiger partial charge in [0.1, 0.15) is 0 Å². The number of thioether (sulfide) groups is 1. The molecule has 0 aromatic carbocycles. The largest absolute Gasteiger partial charge is 0.329 e. The molecule has 0 aromatic rings. The van der Waals surface area contributed by atoms with Crippen LogP contribution in [0.3, 0.4) is 0 Å². The first kappa shape index (κ1) is 12.4. The standard InChI is InChI=1S/C12H25NS/c1-5-10(4)14-12(8-13)6-11(7-12)9(2)3/h9-11H,5-8,13H2,1-4H3. The van der Waals surface area contributed by atoms with Crippen LogP contribution in [-0.4, -0.2) is 16.5 Å². The van der Waals surface area contributed by atoms with Gasteiger partial charge in [-0.25, -0.2) is 0 Å². The Kier molecular flexibility index (Phi) is 4.32. The lowest BCUT2D eigenvalue weighted by Gasteiger charge is -2.49. The van der Waals surface area contributed by atoms with E-state index in [1.807, 2.05) is 0 Å². The molecule has 1 rings (SSSR count). The van der Waals surface area contributed by atoms with E-state index in [1.165, 1.54) is 19.3 Å². The van der Waals surface area contributed by atoms with Crippen LogP contribution in [0, 0.1) is 11.8 Å². The minimum Gasteiger partial charge on any atom is -0.329 e. The lowest BCUT2D eigenvalue weighted by Crippen LogP contribution is -2.49. The number of nitrogens with two attached hydrogens (primary N) is 1. The average molecular weight is 215 g/mol. The molecule has 1 unspecified atom stereocenters. The second kappa shape index (κ2) is 4.89. The Hall–Kier alpha value is 0.310.